The van der Waals surface area contributed by atoms with Gasteiger partial charge in [0.15, 0.2) is 6.23 Å². The smallest absolute Gasteiger partial charge is 0.265 e. The molecule has 1 aromatic carbocycles. The maximum Gasteiger partial charge on any atom is 0.265 e. The number of carbonyl (C=O) groups excluding carboxylic acids is 1. The molecule has 0 saturated carbocycles. The molecule has 2 heterocycles. The number of carbonyl (C=O) groups is 1. The molecule has 0 aliphatic carbocycles. The van der Waals surface area contributed by atoms with Crippen LogP contribution in [0.5, 0.6) is 5.75 Å². The minimum atomic E-state index is -0.431. The van der Waals surface area contributed by atoms with E-state index < -0.39 is 6.23 Å². The standard InChI is InChI=1S/C12H8ClNO2/c13-10-6-3-7-11-14(10)12(15)8-4-1-2-5-9(8)16-11/h1-7,11H. The molecule has 0 fully saturated rings. The third-order valence-corrected chi connectivity index (χ3v) is 2.89. The second-order valence-electron chi connectivity index (χ2n) is 3.55. The van der Waals surface area contributed by atoms with Crippen LogP contribution in [0.1, 0.15) is 10.4 Å². The first-order chi connectivity index (χ1) is 7.77. The third-order valence-electron chi connectivity index (χ3n) is 2.58. The Labute approximate surface area is 97.6 Å². The molecule has 0 bridgehead atoms. The van der Waals surface area contributed by atoms with E-state index >= 15 is 0 Å². The van der Waals surface area contributed by atoms with Gasteiger partial charge in [-0.3, -0.25) is 9.69 Å². The number of para-hydroxylation sites is 1. The molecular formula is C12H8ClNO2. The van der Waals surface area contributed by atoms with Gasteiger partial charge in [0.05, 0.1) is 5.56 Å². The van der Waals surface area contributed by atoms with Gasteiger partial charge in [0.1, 0.15) is 10.9 Å². The predicted octanol–water partition coefficient (Wildman–Crippen LogP) is 2.50. The number of halogens is 1. The monoisotopic (exact) mass is 233 g/mol. The zero-order valence-electron chi connectivity index (χ0n) is 8.26. The summed E-state index contributed by atoms with van der Waals surface area (Å²) >= 11 is 5.99. The van der Waals surface area contributed by atoms with Crippen molar-refractivity contribution in [1.82, 2.24) is 4.90 Å². The first-order valence-corrected chi connectivity index (χ1v) is 5.28. The Hall–Kier alpha value is -1.74. The summed E-state index contributed by atoms with van der Waals surface area (Å²) < 4.78 is 5.67. The highest BCUT2D eigenvalue weighted by atomic mass is 35.5. The average molecular weight is 234 g/mol. The number of amides is 1. The van der Waals surface area contributed by atoms with Gasteiger partial charge in [0.2, 0.25) is 0 Å². The molecule has 16 heavy (non-hydrogen) atoms. The fourth-order valence-electron chi connectivity index (χ4n) is 1.83. The molecule has 0 saturated heterocycles. The quantitative estimate of drug-likeness (QED) is 0.645. The van der Waals surface area contributed by atoms with Gasteiger partial charge in [0, 0.05) is 0 Å². The average Bonchev–Trinajstić information content (AvgIpc) is 2.29. The fraction of sp³-hybridized carbons (Fsp3) is 0.0833. The minimum Gasteiger partial charge on any atom is -0.466 e. The molecule has 80 valence electrons. The van der Waals surface area contributed by atoms with Crippen molar-refractivity contribution in [2.24, 2.45) is 0 Å². The van der Waals surface area contributed by atoms with Crippen molar-refractivity contribution in [1.29, 1.82) is 0 Å². The van der Waals surface area contributed by atoms with Crippen LogP contribution in [0.4, 0.5) is 0 Å². The molecular weight excluding hydrogens is 226 g/mol. The van der Waals surface area contributed by atoms with E-state index in [0.29, 0.717) is 16.5 Å². The lowest BCUT2D eigenvalue weighted by atomic mass is 10.1. The lowest BCUT2D eigenvalue weighted by molar-refractivity contribution is 0.0446. The van der Waals surface area contributed by atoms with Crippen LogP contribution in [0.2, 0.25) is 0 Å². The highest BCUT2D eigenvalue weighted by Crippen LogP contribution is 2.32. The summed E-state index contributed by atoms with van der Waals surface area (Å²) in [6.45, 7) is 0. The Morgan fingerprint density at radius 3 is 3.00 bits per heavy atom. The van der Waals surface area contributed by atoms with Gasteiger partial charge < -0.3 is 4.74 Å². The minimum absolute atomic E-state index is 0.127. The highest BCUT2D eigenvalue weighted by Gasteiger charge is 2.34. The van der Waals surface area contributed by atoms with Crippen LogP contribution in [-0.4, -0.2) is 17.0 Å². The Bertz CT molecular complexity index is 522. The topological polar surface area (TPSA) is 29.5 Å². The van der Waals surface area contributed by atoms with Crippen LogP contribution >= 0.6 is 11.6 Å². The molecule has 3 nitrogen and oxygen atoms in total. The van der Waals surface area contributed by atoms with Crippen LogP contribution in [0.3, 0.4) is 0 Å². The first kappa shape index (κ1) is 9.48. The first-order valence-electron chi connectivity index (χ1n) is 4.90. The van der Waals surface area contributed by atoms with Crippen molar-refractivity contribution in [3.63, 3.8) is 0 Å². The molecule has 1 aromatic rings. The van der Waals surface area contributed by atoms with Crippen molar-refractivity contribution in [2.75, 3.05) is 0 Å². The van der Waals surface area contributed by atoms with Gasteiger partial charge in [-0.15, -0.1) is 0 Å². The van der Waals surface area contributed by atoms with E-state index in [4.69, 9.17) is 16.3 Å². The number of allylic oxidation sites excluding steroid dienone is 2. The number of fused-ring (bicyclic) bond motifs is 2. The number of ether oxygens (including phenoxy) is 1. The number of nitrogens with zero attached hydrogens (tertiary/aromatic N) is 1. The zero-order chi connectivity index (χ0) is 11.1. The van der Waals surface area contributed by atoms with E-state index in [1.54, 1.807) is 36.4 Å². The van der Waals surface area contributed by atoms with E-state index in [2.05, 4.69) is 0 Å². The van der Waals surface area contributed by atoms with Crippen molar-refractivity contribution in [3.05, 3.63) is 53.2 Å². The number of hydrogen-bond donors (Lipinski definition) is 0. The van der Waals surface area contributed by atoms with E-state index in [1.807, 2.05) is 6.07 Å². The molecule has 0 spiro atoms. The predicted molar refractivity (Wildman–Crippen MR) is 60.1 cm³/mol. The molecule has 3 rings (SSSR count). The van der Waals surface area contributed by atoms with Gasteiger partial charge in [-0.25, -0.2) is 0 Å². The number of benzene rings is 1. The maximum absolute atomic E-state index is 12.1. The largest absolute Gasteiger partial charge is 0.466 e. The molecule has 2 aliphatic rings. The van der Waals surface area contributed by atoms with E-state index in [0.717, 1.165) is 0 Å². The molecule has 1 atom stereocenters. The van der Waals surface area contributed by atoms with Crippen LogP contribution in [0.25, 0.3) is 0 Å². The lowest BCUT2D eigenvalue weighted by Gasteiger charge is -2.35. The summed E-state index contributed by atoms with van der Waals surface area (Å²) in [5.41, 5.74) is 0.542. The molecule has 0 N–H and O–H groups in total. The Morgan fingerprint density at radius 2 is 2.12 bits per heavy atom. The fourth-order valence-corrected chi connectivity index (χ4v) is 2.07. The highest BCUT2D eigenvalue weighted by molar-refractivity contribution is 6.31. The third kappa shape index (κ3) is 1.25. The van der Waals surface area contributed by atoms with Crippen molar-refractivity contribution < 1.29 is 9.53 Å². The second kappa shape index (κ2) is 3.39. The second-order valence-corrected chi connectivity index (χ2v) is 3.94. The summed E-state index contributed by atoms with van der Waals surface area (Å²) in [7, 11) is 0. The SMILES string of the molecule is O=C1c2ccccc2OC2C=CC=C(Cl)N12. The summed E-state index contributed by atoms with van der Waals surface area (Å²) in [4.78, 5) is 13.6. The van der Waals surface area contributed by atoms with Crippen molar-refractivity contribution in [2.45, 2.75) is 6.23 Å². The van der Waals surface area contributed by atoms with Crippen LogP contribution in [0.15, 0.2) is 47.6 Å². The van der Waals surface area contributed by atoms with Gasteiger partial charge in [-0.1, -0.05) is 29.8 Å². The normalized spacial score (nSPS) is 22.1. The maximum atomic E-state index is 12.1. The van der Waals surface area contributed by atoms with E-state index in [9.17, 15) is 4.79 Å². The van der Waals surface area contributed by atoms with Crippen LogP contribution in [-0.2, 0) is 0 Å². The molecule has 0 radical (unpaired) electrons. The van der Waals surface area contributed by atoms with Crippen molar-refractivity contribution in [3.8, 4) is 5.75 Å². The van der Waals surface area contributed by atoms with Gasteiger partial charge in [-0.05, 0) is 24.3 Å². The number of rotatable bonds is 0. The van der Waals surface area contributed by atoms with Gasteiger partial charge in [-0.2, -0.15) is 0 Å². The van der Waals surface area contributed by atoms with Crippen LogP contribution in [0, 0.1) is 0 Å². The van der Waals surface area contributed by atoms with Crippen molar-refractivity contribution >= 4 is 17.5 Å². The summed E-state index contributed by atoms with van der Waals surface area (Å²) in [6, 6.07) is 7.16. The van der Waals surface area contributed by atoms with Gasteiger partial charge in [0.25, 0.3) is 5.91 Å². The molecule has 1 amide bonds. The zero-order valence-corrected chi connectivity index (χ0v) is 9.02. The van der Waals surface area contributed by atoms with E-state index in [-0.39, 0.29) is 5.91 Å². The summed E-state index contributed by atoms with van der Waals surface area (Å²) in [5, 5.41) is 0.381. The number of hydrogen-bond acceptors (Lipinski definition) is 2. The van der Waals surface area contributed by atoms with Gasteiger partial charge >= 0.3 is 0 Å². The molecule has 1 unspecified atom stereocenters. The summed E-state index contributed by atoms with van der Waals surface area (Å²) in [6.07, 6.45) is 4.82. The van der Waals surface area contributed by atoms with E-state index in [1.165, 1.54) is 4.90 Å². The summed E-state index contributed by atoms with van der Waals surface area (Å²) in [5.74, 6) is 0.474. The Morgan fingerprint density at radius 1 is 1.31 bits per heavy atom. The molecule has 4 heteroatoms. The Kier molecular flexibility index (Phi) is 2.01. The molecule has 0 aromatic heterocycles. The van der Waals surface area contributed by atoms with Crippen LogP contribution < -0.4 is 4.74 Å². The lowest BCUT2D eigenvalue weighted by Crippen LogP contribution is -2.45. The Balaban J connectivity index is 2.12. The molecule has 2 aliphatic heterocycles.